The van der Waals surface area contributed by atoms with Crippen molar-refractivity contribution < 1.29 is 0 Å². The van der Waals surface area contributed by atoms with E-state index in [1.807, 2.05) is 23.1 Å². The molecule has 0 radical (unpaired) electrons. The second-order valence-corrected chi connectivity index (χ2v) is 7.23. The molecule has 0 saturated heterocycles. The summed E-state index contributed by atoms with van der Waals surface area (Å²) >= 11 is 3.73. The van der Waals surface area contributed by atoms with Crippen LogP contribution in [0.1, 0.15) is 43.5 Å². The maximum atomic E-state index is 4.93. The van der Waals surface area contributed by atoms with Crippen LogP contribution in [-0.4, -0.2) is 17.0 Å². The topological polar surface area (TPSA) is 24.4 Å². The van der Waals surface area contributed by atoms with E-state index in [9.17, 15) is 0 Å². The van der Waals surface area contributed by atoms with Crippen LogP contribution in [-0.2, 0) is 0 Å². The molecule has 3 atom stereocenters. The minimum absolute atomic E-state index is 0.386. The molecule has 2 aliphatic rings. The zero-order valence-corrected chi connectivity index (χ0v) is 12.4. The number of thioether (sulfide) groups is 1. The van der Waals surface area contributed by atoms with Gasteiger partial charge in [-0.15, -0.1) is 11.3 Å². The van der Waals surface area contributed by atoms with Gasteiger partial charge in [-0.3, -0.25) is 4.99 Å². The Hall–Kier alpha value is -0.480. The van der Waals surface area contributed by atoms with Gasteiger partial charge < -0.3 is 5.32 Å². The lowest BCUT2D eigenvalue weighted by Crippen LogP contribution is -2.35. The number of rotatable bonds is 2. The highest BCUT2D eigenvalue weighted by molar-refractivity contribution is 8.13. The highest BCUT2D eigenvalue weighted by Gasteiger charge is 2.29. The largest absolute Gasteiger partial charge is 0.358 e. The minimum atomic E-state index is 0.386. The van der Waals surface area contributed by atoms with Gasteiger partial charge in [0.15, 0.2) is 5.17 Å². The molecule has 1 aliphatic heterocycles. The van der Waals surface area contributed by atoms with Crippen molar-refractivity contribution in [1.82, 2.24) is 5.32 Å². The minimum Gasteiger partial charge on any atom is -0.358 e. The molecule has 98 valence electrons. The Balaban J connectivity index is 1.64. The maximum Gasteiger partial charge on any atom is 0.157 e. The Bertz CT molecular complexity index is 413. The molecule has 1 saturated carbocycles. The van der Waals surface area contributed by atoms with Crippen LogP contribution in [0.25, 0.3) is 0 Å². The second kappa shape index (κ2) is 5.66. The molecule has 0 bridgehead atoms. The van der Waals surface area contributed by atoms with Gasteiger partial charge in [0.25, 0.3) is 0 Å². The van der Waals surface area contributed by atoms with Crippen LogP contribution in [0.4, 0.5) is 0 Å². The summed E-state index contributed by atoms with van der Waals surface area (Å²) in [6, 6.07) is 5.29. The summed E-state index contributed by atoms with van der Waals surface area (Å²) in [7, 11) is 0. The lowest BCUT2D eigenvalue weighted by Gasteiger charge is -2.33. The lowest BCUT2D eigenvalue weighted by molar-refractivity contribution is 0.335. The van der Waals surface area contributed by atoms with E-state index in [1.165, 1.54) is 41.5 Å². The fraction of sp³-hybridized carbons (Fsp3) is 0.643. The molecule has 1 fully saturated rings. The van der Waals surface area contributed by atoms with Gasteiger partial charge in [-0.25, -0.2) is 0 Å². The van der Waals surface area contributed by atoms with E-state index in [-0.39, 0.29) is 0 Å². The molecule has 1 aromatic heterocycles. The molecule has 0 amide bonds. The van der Waals surface area contributed by atoms with Gasteiger partial charge >= 0.3 is 0 Å². The van der Waals surface area contributed by atoms with Crippen LogP contribution in [0.5, 0.6) is 0 Å². The number of nitrogens with one attached hydrogen (secondary N) is 1. The van der Waals surface area contributed by atoms with E-state index in [1.54, 1.807) is 0 Å². The molecule has 3 rings (SSSR count). The highest BCUT2D eigenvalue weighted by Crippen LogP contribution is 2.34. The van der Waals surface area contributed by atoms with Gasteiger partial charge in [-0.1, -0.05) is 30.7 Å². The molecular formula is C14H20N2S2. The zero-order valence-electron chi connectivity index (χ0n) is 10.8. The second-order valence-electron chi connectivity index (χ2n) is 5.24. The first-order chi connectivity index (χ1) is 8.83. The van der Waals surface area contributed by atoms with Crippen molar-refractivity contribution in [1.29, 1.82) is 0 Å². The first-order valence-electron chi connectivity index (χ1n) is 6.83. The fourth-order valence-corrected chi connectivity index (χ4v) is 4.76. The van der Waals surface area contributed by atoms with E-state index in [0.717, 1.165) is 5.92 Å². The summed E-state index contributed by atoms with van der Waals surface area (Å²) in [6.07, 6.45) is 5.45. The standard InChI is InChI=1S/C14H20N2S2/c1-10(13-7-4-8-17-13)15-14-16-12-6-3-2-5-11(12)9-18-14/h4,7-8,10-12H,2-3,5-6,9H2,1H3,(H,15,16). The molecule has 4 heteroatoms. The quantitative estimate of drug-likeness (QED) is 0.883. The van der Waals surface area contributed by atoms with Crippen LogP contribution in [0.3, 0.4) is 0 Å². The average Bonchev–Trinajstić information content (AvgIpc) is 2.92. The van der Waals surface area contributed by atoms with Crippen LogP contribution in [0.15, 0.2) is 22.5 Å². The summed E-state index contributed by atoms with van der Waals surface area (Å²) in [5.41, 5.74) is 0. The number of fused-ring (bicyclic) bond motifs is 1. The summed E-state index contributed by atoms with van der Waals surface area (Å²) in [6.45, 7) is 2.22. The van der Waals surface area contributed by atoms with Gasteiger partial charge in [-0.05, 0) is 37.1 Å². The number of hydrogen-bond donors (Lipinski definition) is 1. The Labute approximate surface area is 117 Å². The molecule has 2 heterocycles. The van der Waals surface area contributed by atoms with Gasteiger partial charge in [-0.2, -0.15) is 0 Å². The van der Waals surface area contributed by atoms with Gasteiger partial charge in [0, 0.05) is 10.6 Å². The smallest absolute Gasteiger partial charge is 0.157 e. The number of nitrogens with zero attached hydrogens (tertiary/aromatic N) is 1. The third-order valence-electron chi connectivity index (χ3n) is 3.90. The van der Waals surface area contributed by atoms with Gasteiger partial charge in [0.2, 0.25) is 0 Å². The SMILES string of the molecule is CC(NC1=NC2CCCCC2CS1)c1cccs1. The van der Waals surface area contributed by atoms with Crippen molar-refractivity contribution in [3.63, 3.8) is 0 Å². The van der Waals surface area contributed by atoms with E-state index < -0.39 is 0 Å². The van der Waals surface area contributed by atoms with Crippen molar-refractivity contribution in [2.24, 2.45) is 10.9 Å². The van der Waals surface area contributed by atoms with E-state index in [0.29, 0.717) is 12.1 Å². The van der Waals surface area contributed by atoms with Crippen molar-refractivity contribution in [3.8, 4) is 0 Å². The molecule has 2 nitrogen and oxygen atoms in total. The summed E-state index contributed by atoms with van der Waals surface area (Å²) in [4.78, 5) is 6.32. The summed E-state index contributed by atoms with van der Waals surface area (Å²) in [5, 5.41) is 6.88. The summed E-state index contributed by atoms with van der Waals surface area (Å²) in [5.74, 6) is 2.10. The number of thiophene rings is 1. The molecule has 1 aliphatic carbocycles. The first kappa shape index (κ1) is 12.5. The average molecular weight is 280 g/mol. The third kappa shape index (κ3) is 2.75. The van der Waals surface area contributed by atoms with Crippen LogP contribution in [0, 0.1) is 5.92 Å². The number of amidine groups is 1. The summed E-state index contributed by atoms with van der Waals surface area (Å²) < 4.78 is 0. The maximum absolute atomic E-state index is 4.93. The lowest BCUT2D eigenvalue weighted by atomic mass is 9.86. The Morgan fingerprint density at radius 2 is 2.28 bits per heavy atom. The fourth-order valence-electron chi connectivity index (χ4n) is 2.80. The monoisotopic (exact) mass is 280 g/mol. The van der Waals surface area contributed by atoms with Crippen LogP contribution >= 0.6 is 23.1 Å². The molecule has 0 spiro atoms. The third-order valence-corrected chi connectivity index (χ3v) is 6.04. The first-order valence-corrected chi connectivity index (χ1v) is 8.70. The van der Waals surface area contributed by atoms with Crippen molar-refractivity contribution in [2.45, 2.75) is 44.7 Å². The molecule has 18 heavy (non-hydrogen) atoms. The Kier molecular flexibility index (Phi) is 3.94. The molecule has 1 aromatic rings. The van der Waals surface area contributed by atoms with Crippen molar-refractivity contribution >= 4 is 28.3 Å². The Morgan fingerprint density at radius 3 is 3.11 bits per heavy atom. The number of aliphatic imine (C=N–C) groups is 1. The van der Waals surface area contributed by atoms with Gasteiger partial charge in [0.05, 0.1) is 12.1 Å². The van der Waals surface area contributed by atoms with Crippen molar-refractivity contribution in [3.05, 3.63) is 22.4 Å². The van der Waals surface area contributed by atoms with Gasteiger partial charge in [0.1, 0.15) is 0 Å². The predicted octanol–water partition coefficient (Wildman–Crippen LogP) is 4.06. The van der Waals surface area contributed by atoms with E-state index >= 15 is 0 Å². The molecular weight excluding hydrogens is 260 g/mol. The molecule has 0 aromatic carbocycles. The molecule has 3 unspecified atom stereocenters. The van der Waals surface area contributed by atoms with E-state index in [2.05, 4.69) is 29.8 Å². The number of hydrogen-bond acceptors (Lipinski definition) is 4. The predicted molar refractivity (Wildman–Crippen MR) is 81.5 cm³/mol. The molecule has 1 N–H and O–H groups in total. The zero-order chi connectivity index (χ0) is 12.4. The van der Waals surface area contributed by atoms with Crippen LogP contribution < -0.4 is 5.32 Å². The Morgan fingerprint density at radius 1 is 1.39 bits per heavy atom. The highest BCUT2D eigenvalue weighted by atomic mass is 32.2. The van der Waals surface area contributed by atoms with Crippen molar-refractivity contribution in [2.75, 3.05) is 5.75 Å². The van der Waals surface area contributed by atoms with Crippen LogP contribution in [0.2, 0.25) is 0 Å². The normalized spacial score (nSPS) is 29.3. The van der Waals surface area contributed by atoms with E-state index in [4.69, 9.17) is 4.99 Å².